The molecule has 3 heterocycles. The second kappa shape index (κ2) is 11.2. The number of nitrogens with zero attached hydrogens (tertiary/aromatic N) is 1. The molecule has 0 spiro atoms. The molecule has 1 aromatic heterocycles. The van der Waals surface area contributed by atoms with E-state index in [-0.39, 0.29) is 0 Å². The number of rotatable bonds is 9. The normalized spacial score (nSPS) is 37.1. The molecule has 21 heteroatoms. The van der Waals surface area contributed by atoms with Crippen molar-refractivity contribution in [1.29, 1.82) is 0 Å². The number of hydrogen-bond donors (Lipinski definition) is 9. The molecule has 19 nitrogen and oxygen atoms in total. The van der Waals surface area contributed by atoms with Crippen molar-refractivity contribution >= 4 is 15.6 Å². The minimum absolute atomic E-state index is 0.714. The minimum Gasteiger partial charge on any atom is -0.394 e. The molecule has 206 valence electrons. The first-order valence-electron chi connectivity index (χ1n) is 9.99. The summed E-state index contributed by atoms with van der Waals surface area (Å²) >= 11 is 0. The number of nitrogens with one attached hydrogen (secondary N) is 1. The van der Waals surface area contributed by atoms with Gasteiger partial charge in [-0.25, -0.2) is 13.9 Å². The van der Waals surface area contributed by atoms with E-state index in [4.69, 9.17) is 28.3 Å². The lowest BCUT2D eigenvalue weighted by molar-refractivity contribution is -0.281. The van der Waals surface area contributed by atoms with Crippen molar-refractivity contribution in [3.8, 4) is 0 Å². The highest BCUT2D eigenvalue weighted by atomic mass is 31.3. The number of ether oxygens (including phenoxy) is 2. The lowest BCUT2D eigenvalue weighted by Gasteiger charge is -2.40. The fraction of sp³-hybridized carbons (Fsp3) is 0.733. The maximum Gasteiger partial charge on any atom is 0.486 e. The summed E-state index contributed by atoms with van der Waals surface area (Å²) in [5.74, 6) is 0. The third-order valence-electron chi connectivity index (χ3n) is 5.15. The number of phosphoric acid groups is 2. The van der Waals surface area contributed by atoms with E-state index in [2.05, 4.69) is 4.31 Å². The van der Waals surface area contributed by atoms with Gasteiger partial charge in [0, 0.05) is 12.3 Å². The molecule has 2 aliphatic heterocycles. The van der Waals surface area contributed by atoms with Gasteiger partial charge in [-0.05, 0) is 0 Å². The summed E-state index contributed by atoms with van der Waals surface area (Å²) in [6.07, 6.45) is -15.6. The Labute approximate surface area is 199 Å². The van der Waals surface area contributed by atoms with E-state index in [9.17, 15) is 49.4 Å². The van der Waals surface area contributed by atoms with Crippen LogP contribution in [-0.4, -0.2) is 112 Å². The first kappa shape index (κ1) is 29.2. The molecule has 0 saturated carbocycles. The van der Waals surface area contributed by atoms with Crippen molar-refractivity contribution in [1.82, 2.24) is 9.55 Å². The van der Waals surface area contributed by atoms with Crippen molar-refractivity contribution in [3.63, 3.8) is 0 Å². The maximum absolute atomic E-state index is 13.0. The number of phosphoric ester groups is 1. The summed E-state index contributed by atoms with van der Waals surface area (Å²) in [7, 11) is -11.1. The molecule has 10 atom stereocenters. The zero-order valence-corrected chi connectivity index (χ0v) is 19.6. The third-order valence-corrected chi connectivity index (χ3v) is 7.73. The summed E-state index contributed by atoms with van der Waals surface area (Å²) < 4.78 is 48.9. The summed E-state index contributed by atoms with van der Waals surface area (Å²) in [6, 6.07) is 0.921. The summed E-state index contributed by atoms with van der Waals surface area (Å²) in [5, 5.41) is 59.3. The zero-order valence-electron chi connectivity index (χ0n) is 17.9. The molecule has 0 aromatic carbocycles. The largest absolute Gasteiger partial charge is 0.486 e. The Kier molecular flexibility index (Phi) is 9.05. The van der Waals surface area contributed by atoms with Crippen LogP contribution in [-0.2, 0) is 32.0 Å². The predicted octanol–water partition coefficient (Wildman–Crippen LogP) is -4.79. The number of aliphatic hydroxyl groups is 6. The summed E-state index contributed by atoms with van der Waals surface area (Å²) in [4.78, 5) is 43.3. The van der Waals surface area contributed by atoms with E-state index in [1.807, 2.05) is 4.98 Å². The van der Waals surface area contributed by atoms with Gasteiger partial charge in [-0.15, -0.1) is 0 Å². The van der Waals surface area contributed by atoms with Crippen molar-refractivity contribution in [2.45, 2.75) is 55.2 Å². The van der Waals surface area contributed by atoms with Gasteiger partial charge in [0.25, 0.3) is 5.56 Å². The highest BCUT2D eigenvalue weighted by Gasteiger charge is 2.50. The van der Waals surface area contributed by atoms with Gasteiger partial charge < -0.3 is 49.9 Å². The van der Waals surface area contributed by atoms with Crippen LogP contribution in [0.1, 0.15) is 6.23 Å². The van der Waals surface area contributed by atoms with Crippen LogP contribution in [0.5, 0.6) is 0 Å². The van der Waals surface area contributed by atoms with Crippen LogP contribution in [0.15, 0.2) is 21.9 Å². The number of aromatic nitrogens is 2. The fourth-order valence-electron chi connectivity index (χ4n) is 3.37. The SMILES string of the molecule is O=c1ccn([C@@H]2O[C@H](COP(=O)(O[C@H]3O[C@H](CO)[C@@H](O)[C@H](O)[C@H]3O)OP(=O)(O)O)[C@@H](O)[C@H]2O)c(=O)[nH]1. The molecule has 3 rings (SSSR count). The van der Waals surface area contributed by atoms with E-state index in [0.29, 0.717) is 4.57 Å². The maximum atomic E-state index is 13.0. The number of aliphatic hydroxyl groups excluding tert-OH is 6. The Morgan fingerprint density at radius 3 is 2.17 bits per heavy atom. The van der Waals surface area contributed by atoms with Crippen LogP contribution in [0.4, 0.5) is 0 Å². The second-order valence-corrected chi connectivity index (χ2v) is 10.7. The first-order valence-corrected chi connectivity index (χ1v) is 13.0. The Balaban J connectivity index is 1.77. The Morgan fingerprint density at radius 1 is 0.944 bits per heavy atom. The molecule has 2 fully saturated rings. The Morgan fingerprint density at radius 2 is 1.58 bits per heavy atom. The van der Waals surface area contributed by atoms with Crippen molar-refractivity contribution in [3.05, 3.63) is 33.1 Å². The lowest BCUT2D eigenvalue weighted by Crippen LogP contribution is -2.59. The quantitative estimate of drug-likeness (QED) is 0.127. The van der Waals surface area contributed by atoms with Crippen LogP contribution in [0.2, 0.25) is 0 Å². The molecule has 9 N–H and O–H groups in total. The number of H-pyrrole nitrogens is 1. The van der Waals surface area contributed by atoms with Crippen LogP contribution >= 0.6 is 15.6 Å². The van der Waals surface area contributed by atoms with Gasteiger partial charge in [-0.3, -0.25) is 23.4 Å². The molecule has 2 saturated heterocycles. The molecule has 0 radical (unpaired) electrons. The molecule has 2 aliphatic rings. The summed E-state index contributed by atoms with van der Waals surface area (Å²) in [5.41, 5.74) is -1.77. The van der Waals surface area contributed by atoms with Crippen LogP contribution in [0.3, 0.4) is 0 Å². The fourth-order valence-corrected chi connectivity index (χ4v) is 5.58. The Bertz CT molecular complexity index is 1120. The second-order valence-electron chi connectivity index (χ2n) is 7.68. The average molecular weight is 566 g/mol. The number of aromatic amines is 1. The van der Waals surface area contributed by atoms with Crippen LogP contribution in [0, 0.1) is 0 Å². The standard InChI is InChI=1S/C15H24N2O17P2/c18-3-5-8(20)10(22)12(24)14(32-5)33-36(29,34-35(26,27)28)30-4-6-9(21)11(23)13(31-6)17-2-1-7(19)16-15(17)25/h1-2,5-6,8-14,18,20-24H,3-4H2,(H,16,19,25)(H2,26,27,28)/t5-,6-,8-,9-,10+,11-,12-,13-,14-,36?/m1/s1. The molecule has 0 amide bonds. The van der Waals surface area contributed by atoms with E-state index in [0.717, 1.165) is 12.3 Å². The van der Waals surface area contributed by atoms with Crippen LogP contribution in [0.25, 0.3) is 0 Å². The van der Waals surface area contributed by atoms with Crippen molar-refractivity contribution in [2.24, 2.45) is 0 Å². The average Bonchev–Trinajstić information content (AvgIpc) is 3.05. The molecule has 0 bridgehead atoms. The van der Waals surface area contributed by atoms with Crippen LogP contribution < -0.4 is 11.2 Å². The Hall–Kier alpha value is -1.38. The van der Waals surface area contributed by atoms with Gasteiger partial charge >= 0.3 is 21.3 Å². The van der Waals surface area contributed by atoms with Gasteiger partial charge in [0.05, 0.1) is 13.2 Å². The van der Waals surface area contributed by atoms with E-state index in [1.165, 1.54) is 0 Å². The zero-order chi connectivity index (χ0) is 27.0. The van der Waals surface area contributed by atoms with Crippen molar-refractivity contribution < 1.29 is 72.4 Å². The molecule has 36 heavy (non-hydrogen) atoms. The van der Waals surface area contributed by atoms with Gasteiger partial charge in [0.1, 0.15) is 42.7 Å². The summed E-state index contributed by atoms with van der Waals surface area (Å²) in [6.45, 7) is -1.97. The van der Waals surface area contributed by atoms with Gasteiger partial charge in [0.15, 0.2) is 12.5 Å². The first-order chi connectivity index (χ1) is 16.7. The van der Waals surface area contributed by atoms with Gasteiger partial charge in [-0.2, -0.15) is 4.31 Å². The molecule has 1 aromatic rings. The van der Waals surface area contributed by atoms with Crippen molar-refractivity contribution in [2.75, 3.05) is 13.2 Å². The third kappa shape index (κ3) is 6.54. The van der Waals surface area contributed by atoms with E-state index < -0.39 is 95.4 Å². The van der Waals surface area contributed by atoms with E-state index in [1.54, 1.807) is 0 Å². The lowest BCUT2D eigenvalue weighted by atomic mass is 10.00. The highest BCUT2D eigenvalue weighted by molar-refractivity contribution is 7.61. The van der Waals surface area contributed by atoms with Gasteiger partial charge in [0.2, 0.25) is 0 Å². The van der Waals surface area contributed by atoms with Gasteiger partial charge in [-0.1, -0.05) is 0 Å². The predicted molar refractivity (Wildman–Crippen MR) is 109 cm³/mol. The monoisotopic (exact) mass is 566 g/mol. The smallest absolute Gasteiger partial charge is 0.394 e. The molecular weight excluding hydrogens is 542 g/mol. The molecule has 1 unspecified atom stereocenters. The van der Waals surface area contributed by atoms with E-state index >= 15 is 0 Å². The topological polar surface area (TPSA) is 297 Å². The number of hydrogen-bond acceptors (Lipinski definition) is 15. The minimum atomic E-state index is -5.63. The molecular formula is C15H24N2O17P2. The highest BCUT2D eigenvalue weighted by Crippen LogP contribution is 2.62. The molecule has 0 aliphatic carbocycles.